The van der Waals surface area contributed by atoms with E-state index in [2.05, 4.69) is 62.4 Å². The van der Waals surface area contributed by atoms with E-state index in [1.54, 1.807) is 23.5 Å². The van der Waals surface area contributed by atoms with Gasteiger partial charge in [-0.25, -0.2) is 0 Å². The van der Waals surface area contributed by atoms with E-state index in [1.807, 2.05) is 48.5 Å². The monoisotopic (exact) mass is 426 g/mol. The van der Waals surface area contributed by atoms with Crippen LogP contribution in [0.1, 0.15) is 27.0 Å². The van der Waals surface area contributed by atoms with E-state index in [9.17, 15) is 4.79 Å². The lowest BCUT2D eigenvalue weighted by molar-refractivity contribution is 0.103. The van der Waals surface area contributed by atoms with Gasteiger partial charge in [-0.15, -0.1) is 0 Å². The van der Waals surface area contributed by atoms with Gasteiger partial charge in [0.2, 0.25) is 0 Å². The molecule has 4 aromatic carbocycles. The van der Waals surface area contributed by atoms with E-state index in [4.69, 9.17) is 0 Å². The predicted octanol–water partition coefficient (Wildman–Crippen LogP) is 7.84. The van der Waals surface area contributed by atoms with Crippen LogP contribution in [0, 0.1) is 13.8 Å². The molecule has 0 saturated carbocycles. The fraction of sp³-hybridized carbons (Fsp3) is 0.0741. The van der Waals surface area contributed by atoms with Crippen LogP contribution in [0.15, 0.2) is 117 Å². The first-order chi connectivity index (χ1) is 14.6. The topological polar surface area (TPSA) is 17.1 Å². The minimum absolute atomic E-state index is 0.0493. The van der Waals surface area contributed by atoms with Crippen molar-refractivity contribution in [2.45, 2.75) is 33.4 Å². The fourth-order valence-electron chi connectivity index (χ4n) is 3.03. The van der Waals surface area contributed by atoms with Crippen LogP contribution in [-0.2, 0) is 0 Å². The van der Waals surface area contributed by atoms with Crippen molar-refractivity contribution in [1.82, 2.24) is 0 Å². The molecule has 0 bridgehead atoms. The van der Waals surface area contributed by atoms with E-state index < -0.39 is 0 Å². The second kappa shape index (κ2) is 9.38. The van der Waals surface area contributed by atoms with Crippen LogP contribution in [0.2, 0.25) is 0 Å². The summed E-state index contributed by atoms with van der Waals surface area (Å²) in [4.78, 5) is 17.5. The second-order valence-electron chi connectivity index (χ2n) is 7.21. The number of benzene rings is 4. The lowest BCUT2D eigenvalue weighted by Gasteiger charge is -2.07. The van der Waals surface area contributed by atoms with Gasteiger partial charge in [-0.1, -0.05) is 71.0 Å². The van der Waals surface area contributed by atoms with Gasteiger partial charge in [0, 0.05) is 30.7 Å². The molecule has 0 aliphatic heterocycles. The Kier molecular flexibility index (Phi) is 6.41. The highest BCUT2D eigenvalue weighted by molar-refractivity contribution is 7.99. The Labute approximate surface area is 186 Å². The van der Waals surface area contributed by atoms with Crippen molar-refractivity contribution in [2.24, 2.45) is 0 Å². The maximum atomic E-state index is 13.0. The first kappa shape index (κ1) is 20.5. The van der Waals surface area contributed by atoms with Crippen molar-refractivity contribution in [2.75, 3.05) is 0 Å². The van der Waals surface area contributed by atoms with Gasteiger partial charge >= 0.3 is 0 Å². The van der Waals surface area contributed by atoms with Gasteiger partial charge in [0.25, 0.3) is 0 Å². The zero-order valence-corrected chi connectivity index (χ0v) is 18.6. The molecule has 0 aliphatic rings. The Hall–Kier alpha value is -2.75. The first-order valence-electron chi connectivity index (χ1n) is 9.81. The van der Waals surface area contributed by atoms with Gasteiger partial charge in [-0.2, -0.15) is 0 Å². The summed E-state index contributed by atoms with van der Waals surface area (Å²) in [6.45, 7) is 4.17. The number of aryl methyl sites for hydroxylation is 2. The second-order valence-corrected chi connectivity index (χ2v) is 9.51. The standard InChI is InChI=1S/C27H22OS2/c1-19-6-12-23(13-7-19)29-25-16-10-21(11-17-25)27(28)22-4-3-5-26(18-22)30-24-14-8-20(2)9-15-24/h3-18H,1-2H3. The van der Waals surface area contributed by atoms with Gasteiger partial charge in [0.05, 0.1) is 0 Å². The third-order valence-electron chi connectivity index (χ3n) is 4.73. The Bertz CT molecular complexity index is 1140. The molecule has 0 radical (unpaired) electrons. The average Bonchev–Trinajstić information content (AvgIpc) is 2.77. The normalized spacial score (nSPS) is 10.7. The van der Waals surface area contributed by atoms with Crippen molar-refractivity contribution in [3.63, 3.8) is 0 Å². The molecule has 0 amide bonds. The average molecular weight is 427 g/mol. The summed E-state index contributed by atoms with van der Waals surface area (Å²) in [6.07, 6.45) is 0. The van der Waals surface area contributed by atoms with E-state index in [0.717, 1.165) is 9.79 Å². The van der Waals surface area contributed by atoms with Crippen LogP contribution in [0.4, 0.5) is 0 Å². The first-order valence-corrected chi connectivity index (χ1v) is 11.4. The molecule has 0 aliphatic carbocycles. The lowest BCUT2D eigenvalue weighted by Crippen LogP contribution is -2.01. The Morgan fingerprint density at radius 2 is 1.00 bits per heavy atom. The molecule has 0 heterocycles. The van der Waals surface area contributed by atoms with Crippen LogP contribution in [-0.4, -0.2) is 5.78 Å². The molecule has 0 spiro atoms. The predicted molar refractivity (Wildman–Crippen MR) is 127 cm³/mol. The minimum Gasteiger partial charge on any atom is -0.289 e. The third-order valence-corrected chi connectivity index (χ3v) is 6.74. The fourth-order valence-corrected chi connectivity index (χ4v) is 4.72. The van der Waals surface area contributed by atoms with Crippen molar-refractivity contribution >= 4 is 29.3 Å². The van der Waals surface area contributed by atoms with Crippen molar-refractivity contribution in [3.8, 4) is 0 Å². The van der Waals surface area contributed by atoms with Crippen LogP contribution in [0.25, 0.3) is 0 Å². The lowest BCUT2D eigenvalue weighted by atomic mass is 10.0. The molecule has 30 heavy (non-hydrogen) atoms. The van der Waals surface area contributed by atoms with E-state index >= 15 is 0 Å². The van der Waals surface area contributed by atoms with Gasteiger partial charge in [-0.05, 0) is 74.5 Å². The molecule has 0 fully saturated rings. The molecule has 0 N–H and O–H groups in total. The maximum Gasteiger partial charge on any atom is 0.193 e. The third kappa shape index (κ3) is 5.24. The summed E-state index contributed by atoms with van der Waals surface area (Å²) in [5.74, 6) is 0.0493. The van der Waals surface area contributed by atoms with Crippen LogP contribution in [0.3, 0.4) is 0 Å². The molecule has 0 atom stereocenters. The summed E-state index contributed by atoms with van der Waals surface area (Å²) < 4.78 is 0. The van der Waals surface area contributed by atoms with Crippen molar-refractivity contribution < 1.29 is 4.79 Å². The van der Waals surface area contributed by atoms with E-state index in [1.165, 1.54) is 20.9 Å². The van der Waals surface area contributed by atoms with Gasteiger partial charge < -0.3 is 0 Å². The number of carbonyl (C=O) groups excluding carboxylic acids is 1. The summed E-state index contributed by atoms with van der Waals surface area (Å²) in [5, 5.41) is 0. The Morgan fingerprint density at radius 3 is 1.53 bits per heavy atom. The molecule has 0 saturated heterocycles. The molecule has 4 aromatic rings. The quantitative estimate of drug-likeness (QED) is 0.292. The smallest absolute Gasteiger partial charge is 0.193 e. The summed E-state index contributed by atoms with van der Waals surface area (Å²) in [7, 11) is 0. The molecule has 3 heteroatoms. The largest absolute Gasteiger partial charge is 0.289 e. The Balaban J connectivity index is 1.47. The number of rotatable bonds is 6. The zero-order valence-electron chi connectivity index (χ0n) is 17.0. The SMILES string of the molecule is Cc1ccc(Sc2ccc(C(=O)c3cccc(Sc4ccc(C)cc4)c3)cc2)cc1. The van der Waals surface area contributed by atoms with Crippen molar-refractivity contribution in [3.05, 3.63) is 119 Å². The van der Waals surface area contributed by atoms with E-state index in [-0.39, 0.29) is 5.78 Å². The van der Waals surface area contributed by atoms with Gasteiger partial charge in [-0.3, -0.25) is 4.79 Å². The highest BCUT2D eigenvalue weighted by Gasteiger charge is 2.10. The highest BCUT2D eigenvalue weighted by atomic mass is 32.2. The van der Waals surface area contributed by atoms with Gasteiger partial charge in [0.15, 0.2) is 5.78 Å². The number of ketones is 1. The number of hydrogen-bond acceptors (Lipinski definition) is 3. The summed E-state index contributed by atoms with van der Waals surface area (Å²) in [5.41, 5.74) is 3.92. The highest BCUT2D eigenvalue weighted by Crippen LogP contribution is 2.30. The van der Waals surface area contributed by atoms with Crippen molar-refractivity contribution in [1.29, 1.82) is 0 Å². The molecule has 0 unspecified atom stereocenters. The number of carbonyl (C=O) groups is 1. The summed E-state index contributed by atoms with van der Waals surface area (Å²) in [6, 6.07) is 32.6. The van der Waals surface area contributed by atoms with E-state index in [0.29, 0.717) is 11.1 Å². The molecule has 4 rings (SSSR count). The molecule has 1 nitrogen and oxygen atoms in total. The molecule has 148 valence electrons. The number of hydrogen-bond donors (Lipinski definition) is 0. The van der Waals surface area contributed by atoms with Crippen LogP contribution < -0.4 is 0 Å². The van der Waals surface area contributed by atoms with Gasteiger partial charge in [0.1, 0.15) is 0 Å². The van der Waals surface area contributed by atoms with Crippen LogP contribution >= 0.6 is 23.5 Å². The summed E-state index contributed by atoms with van der Waals surface area (Å²) >= 11 is 3.37. The zero-order chi connectivity index (χ0) is 20.9. The molecular formula is C27H22OS2. The maximum absolute atomic E-state index is 13.0. The molecule has 0 aromatic heterocycles. The minimum atomic E-state index is 0.0493. The van der Waals surface area contributed by atoms with Crippen LogP contribution in [0.5, 0.6) is 0 Å². The Morgan fingerprint density at radius 1 is 0.533 bits per heavy atom. The molecular weight excluding hydrogens is 404 g/mol.